The Hall–Kier alpha value is -2.41. The number of anilines is 1. The third-order valence-electron chi connectivity index (χ3n) is 4.38. The van der Waals surface area contributed by atoms with Gasteiger partial charge in [-0.05, 0) is 36.4 Å². The maximum Gasteiger partial charge on any atom is 0.331 e. The van der Waals surface area contributed by atoms with Gasteiger partial charge in [0.1, 0.15) is 5.52 Å². The van der Waals surface area contributed by atoms with Crippen LogP contribution < -0.4 is 10.6 Å². The van der Waals surface area contributed by atoms with Crippen LogP contribution in [0.15, 0.2) is 41.2 Å². The summed E-state index contributed by atoms with van der Waals surface area (Å²) in [7, 11) is 0. The molecule has 1 fully saturated rings. The highest BCUT2D eigenvalue weighted by molar-refractivity contribution is 6.31. The van der Waals surface area contributed by atoms with E-state index in [9.17, 15) is 18.0 Å². The van der Waals surface area contributed by atoms with Crippen LogP contribution in [0.5, 0.6) is 0 Å². The van der Waals surface area contributed by atoms with Gasteiger partial charge in [0.15, 0.2) is 5.82 Å². The Morgan fingerprint density at radius 2 is 1.76 bits per heavy atom. The number of halogens is 4. The molecule has 25 heavy (non-hydrogen) atoms. The largest absolute Gasteiger partial charge is 0.365 e. The summed E-state index contributed by atoms with van der Waals surface area (Å²) in [6.07, 6.45) is -0.180. The van der Waals surface area contributed by atoms with E-state index in [1.54, 1.807) is 29.2 Å². The minimum Gasteiger partial charge on any atom is -0.365 e. The van der Waals surface area contributed by atoms with Crippen LogP contribution in [0.4, 0.5) is 18.9 Å². The lowest BCUT2D eigenvalue weighted by atomic mass is 10.2. The maximum absolute atomic E-state index is 14.4. The highest BCUT2D eigenvalue weighted by atomic mass is 35.5. The third-order valence-corrected chi connectivity index (χ3v) is 4.67. The second-order valence-corrected chi connectivity index (χ2v) is 6.47. The average Bonchev–Trinajstić information content (AvgIpc) is 3.11. The van der Waals surface area contributed by atoms with Gasteiger partial charge in [0.05, 0.1) is 22.8 Å². The Balaban J connectivity index is 1.76. The van der Waals surface area contributed by atoms with Crippen LogP contribution in [0.1, 0.15) is 6.42 Å². The first kappa shape index (κ1) is 16.1. The van der Waals surface area contributed by atoms with E-state index in [1.165, 1.54) is 16.7 Å². The number of aromatic amines is 1. The van der Waals surface area contributed by atoms with Gasteiger partial charge >= 0.3 is 5.69 Å². The summed E-state index contributed by atoms with van der Waals surface area (Å²) in [6, 6.07) is 9.38. The summed E-state index contributed by atoms with van der Waals surface area (Å²) in [5.74, 6) is -3.38. The summed E-state index contributed by atoms with van der Waals surface area (Å²) in [6.45, 7) is -0.0623. The topological polar surface area (TPSA) is 41.0 Å². The van der Waals surface area contributed by atoms with Crippen molar-refractivity contribution in [1.29, 1.82) is 0 Å². The van der Waals surface area contributed by atoms with Crippen LogP contribution in [0, 0.1) is 5.82 Å². The lowest BCUT2D eigenvalue weighted by molar-refractivity contribution is 0.0257. The fraction of sp³-hybridized carbons (Fsp3) is 0.235. The number of aromatic nitrogens is 2. The molecule has 2 aromatic carbocycles. The van der Waals surface area contributed by atoms with E-state index in [4.69, 9.17) is 11.6 Å². The van der Waals surface area contributed by atoms with Gasteiger partial charge in [-0.2, -0.15) is 0 Å². The third kappa shape index (κ3) is 2.68. The molecule has 8 heteroatoms. The van der Waals surface area contributed by atoms with E-state index < -0.39 is 17.4 Å². The van der Waals surface area contributed by atoms with Crippen LogP contribution >= 0.6 is 11.6 Å². The fourth-order valence-electron chi connectivity index (χ4n) is 3.15. The van der Waals surface area contributed by atoms with E-state index in [1.807, 2.05) is 0 Å². The zero-order valence-electron chi connectivity index (χ0n) is 12.9. The molecule has 0 aliphatic carbocycles. The smallest absolute Gasteiger partial charge is 0.331 e. The van der Waals surface area contributed by atoms with E-state index in [2.05, 4.69) is 4.98 Å². The van der Waals surface area contributed by atoms with Crippen molar-refractivity contribution in [3.63, 3.8) is 0 Å². The average molecular weight is 368 g/mol. The first-order valence-corrected chi connectivity index (χ1v) is 8.05. The van der Waals surface area contributed by atoms with Gasteiger partial charge in [-0.25, -0.2) is 18.0 Å². The van der Waals surface area contributed by atoms with Crippen LogP contribution in [-0.4, -0.2) is 28.6 Å². The van der Waals surface area contributed by atoms with Crippen molar-refractivity contribution in [2.45, 2.75) is 12.3 Å². The molecule has 3 aromatic rings. The molecule has 0 spiro atoms. The lowest BCUT2D eigenvalue weighted by Crippen LogP contribution is -2.24. The lowest BCUT2D eigenvalue weighted by Gasteiger charge is -2.18. The molecule has 1 aliphatic rings. The molecule has 0 unspecified atom stereocenters. The summed E-state index contributed by atoms with van der Waals surface area (Å²) in [5, 5.41) is -0.0869. The number of rotatable bonds is 2. The quantitative estimate of drug-likeness (QED) is 0.745. The molecule has 2 heterocycles. The normalized spacial score (nSPS) is 16.7. The van der Waals surface area contributed by atoms with Gasteiger partial charge in [-0.15, -0.1) is 0 Å². The van der Waals surface area contributed by atoms with Crippen LogP contribution in [-0.2, 0) is 0 Å². The molecule has 0 bridgehead atoms. The molecule has 0 amide bonds. The zero-order chi connectivity index (χ0) is 17.8. The van der Waals surface area contributed by atoms with Crippen molar-refractivity contribution in [2.24, 2.45) is 0 Å². The van der Waals surface area contributed by atoms with Crippen LogP contribution in [0.25, 0.3) is 16.7 Å². The first-order chi connectivity index (χ1) is 11.9. The Morgan fingerprint density at radius 3 is 2.40 bits per heavy atom. The molecule has 1 aliphatic heterocycles. The van der Waals surface area contributed by atoms with Crippen molar-refractivity contribution < 1.29 is 13.2 Å². The Morgan fingerprint density at radius 1 is 1.08 bits per heavy atom. The predicted molar refractivity (Wildman–Crippen MR) is 90.6 cm³/mol. The molecule has 0 radical (unpaired) electrons. The number of H-pyrrole nitrogens is 1. The summed E-state index contributed by atoms with van der Waals surface area (Å²) >= 11 is 5.81. The number of benzene rings is 2. The molecule has 1 N–H and O–H groups in total. The Bertz CT molecular complexity index is 1010. The van der Waals surface area contributed by atoms with Gasteiger partial charge in [-0.1, -0.05) is 11.6 Å². The minimum absolute atomic E-state index is 0.0537. The number of nitrogens with zero attached hydrogens (tertiary/aromatic N) is 2. The van der Waals surface area contributed by atoms with Crippen LogP contribution in [0.3, 0.4) is 0 Å². The summed E-state index contributed by atoms with van der Waals surface area (Å²) < 4.78 is 42.2. The molecule has 1 saturated heterocycles. The first-order valence-electron chi connectivity index (χ1n) is 7.68. The highest BCUT2D eigenvalue weighted by Crippen LogP contribution is 2.31. The Labute approximate surface area is 145 Å². The second-order valence-electron chi connectivity index (χ2n) is 6.07. The molecular formula is C17H13ClF3N3O. The number of alkyl halides is 2. The van der Waals surface area contributed by atoms with Crippen molar-refractivity contribution in [1.82, 2.24) is 9.55 Å². The van der Waals surface area contributed by atoms with Crippen molar-refractivity contribution in [3.8, 4) is 5.69 Å². The summed E-state index contributed by atoms with van der Waals surface area (Å²) in [5.41, 5.74) is 0.934. The number of hydrogen-bond acceptors (Lipinski definition) is 2. The van der Waals surface area contributed by atoms with Gasteiger partial charge < -0.3 is 9.88 Å². The second kappa shape index (κ2) is 5.56. The number of nitrogens with one attached hydrogen (secondary N) is 1. The standard InChI is InChI=1S/C17H13ClF3N3O/c18-12-5-6-13-15(14(12)19)24(16(25)22-13)11-3-1-10(2-4-11)23-8-7-17(20,21)9-23/h1-6H,7-9H2,(H,22,25). The Kier molecular flexibility index (Phi) is 3.57. The molecular weight excluding hydrogens is 355 g/mol. The maximum atomic E-state index is 14.4. The van der Waals surface area contributed by atoms with Gasteiger partial charge in [0, 0.05) is 18.7 Å². The number of fused-ring (bicyclic) bond motifs is 1. The molecule has 0 saturated carbocycles. The molecule has 1 aromatic heterocycles. The van der Waals surface area contributed by atoms with E-state index in [0.29, 0.717) is 16.9 Å². The fourth-order valence-corrected chi connectivity index (χ4v) is 3.30. The highest BCUT2D eigenvalue weighted by Gasteiger charge is 2.38. The van der Waals surface area contributed by atoms with Gasteiger partial charge in [0.2, 0.25) is 0 Å². The van der Waals surface area contributed by atoms with Crippen LogP contribution in [0.2, 0.25) is 5.02 Å². The van der Waals surface area contributed by atoms with Crippen molar-refractivity contribution in [3.05, 3.63) is 57.7 Å². The molecule has 4 nitrogen and oxygen atoms in total. The molecule has 130 valence electrons. The monoisotopic (exact) mass is 367 g/mol. The van der Waals surface area contributed by atoms with Crippen molar-refractivity contribution >= 4 is 28.3 Å². The van der Waals surface area contributed by atoms with E-state index in [0.717, 1.165) is 0 Å². The molecule has 4 rings (SSSR count). The van der Waals surface area contributed by atoms with E-state index in [-0.39, 0.29) is 30.0 Å². The van der Waals surface area contributed by atoms with E-state index >= 15 is 0 Å². The van der Waals surface area contributed by atoms with Gasteiger partial charge in [0.25, 0.3) is 5.92 Å². The zero-order valence-corrected chi connectivity index (χ0v) is 13.7. The SMILES string of the molecule is O=c1[nH]c2ccc(Cl)c(F)c2n1-c1ccc(N2CCC(F)(F)C2)cc1. The molecule has 0 atom stereocenters. The van der Waals surface area contributed by atoms with Gasteiger partial charge in [-0.3, -0.25) is 4.57 Å². The minimum atomic E-state index is -2.69. The summed E-state index contributed by atoms with van der Waals surface area (Å²) in [4.78, 5) is 16.4. The predicted octanol–water partition coefficient (Wildman–Crippen LogP) is 3.96. The number of imidazole rings is 1. The number of hydrogen-bond donors (Lipinski definition) is 1. The van der Waals surface area contributed by atoms with Crippen molar-refractivity contribution in [2.75, 3.05) is 18.0 Å².